The Hall–Kier alpha value is -2.81. The minimum absolute atomic E-state index is 0.101. The molecule has 0 spiro atoms. The molecule has 1 aliphatic heterocycles. The number of hydrogen-bond donors (Lipinski definition) is 0. The van der Waals surface area contributed by atoms with Crippen LogP contribution < -0.4 is 4.74 Å². The second-order valence-corrected chi connectivity index (χ2v) is 5.93. The fourth-order valence-electron chi connectivity index (χ4n) is 3.00. The van der Waals surface area contributed by atoms with Crippen LogP contribution in [0.2, 0.25) is 0 Å². The molecule has 6 heteroatoms. The lowest BCUT2D eigenvalue weighted by Crippen LogP contribution is -2.40. The van der Waals surface area contributed by atoms with Gasteiger partial charge in [-0.25, -0.2) is 0 Å². The minimum Gasteiger partial charge on any atom is -0.480 e. The number of rotatable bonds is 4. The molecule has 0 saturated carbocycles. The van der Waals surface area contributed by atoms with Crippen molar-refractivity contribution in [2.45, 2.75) is 38.8 Å². The number of nitriles is 1. The standard InChI is InChI=1S/C18H19N3O3/c1-12-10-17(24-20-12)15-7-5-9-21(15)18(22)13(2)23-16-8-4-3-6-14(16)11-19/h3-4,6,8,10,13,15H,5,7,9H2,1-2H3/t13-,15-/m0/s1. The third-order valence-corrected chi connectivity index (χ3v) is 4.17. The Bertz CT molecular complexity index is 778. The zero-order valence-electron chi connectivity index (χ0n) is 13.7. The molecule has 0 bridgehead atoms. The Kier molecular flexibility index (Phi) is 4.52. The Balaban J connectivity index is 1.74. The Labute approximate surface area is 140 Å². The normalized spacial score (nSPS) is 18.2. The fourth-order valence-corrected chi connectivity index (χ4v) is 3.00. The molecule has 2 heterocycles. The number of amides is 1. The molecule has 124 valence electrons. The number of hydrogen-bond acceptors (Lipinski definition) is 5. The second-order valence-electron chi connectivity index (χ2n) is 5.93. The van der Waals surface area contributed by atoms with E-state index in [2.05, 4.69) is 11.2 Å². The molecular formula is C18H19N3O3. The zero-order valence-corrected chi connectivity index (χ0v) is 13.7. The van der Waals surface area contributed by atoms with Crippen LogP contribution in [0.1, 0.15) is 42.8 Å². The summed E-state index contributed by atoms with van der Waals surface area (Å²) < 4.78 is 11.1. The van der Waals surface area contributed by atoms with Gasteiger partial charge in [-0.2, -0.15) is 5.26 Å². The monoisotopic (exact) mass is 325 g/mol. The lowest BCUT2D eigenvalue weighted by atomic mass is 10.1. The smallest absolute Gasteiger partial charge is 0.263 e. The number of aryl methyl sites for hydroxylation is 1. The van der Waals surface area contributed by atoms with Gasteiger partial charge in [0.2, 0.25) is 0 Å². The van der Waals surface area contributed by atoms with Crippen molar-refractivity contribution < 1.29 is 14.1 Å². The highest BCUT2D eigenvalue weighted by atomic mass is 16.5. The predicted molar refractivity (Wildman–Crippen MR) is 86.2 cm³/mol. The molecule has 24 heavy (non-hydrogen) atoms. The maximum Gasteiger partial charge on any atom is 0.263 e. The van der Waals surface area contributed by atoms with Gasteiger partial charge < -0.3 is 14.2 Å². The highest BCUT2D eigenvalue weighted by Gasteiger charge is 2.35. The molecule has 1 aromatic heterocycles. The summed E-state index contributed by atoms with van der Waals surface area (Å²) in [5, 5.41) is 13.0. The lowest BCUT2D eigenvalue weighted by Gasteiger charge is -2.26. The van der Waals surface area contributed by atoms with Crippen LogP contribution in [0.15, 0.2) is 34.9 Å². The molecule has 2 aromatic rings. The first-order valence-corrected chi connectivity index (χ1v) is 7.99. The van der Waals surface area contributed by atoms with Crippen LogP contribution in [0, 0.1) is 18.3 Å². The van der Waals surface area contributed by atoms with Crippen molar-refractivity contribution in [3.8, 4) is 11.8 Å². The van der Waals surface area contributed by atoms with Crippen LogP contribution in [0.4, 0.5) is 0 Å². The molecule has 1 saturated heterocycles. The average molecular weight is 325 g/mol. The van der Waals surface area contributed by atoms with Gasteiger partial charge in [0.15, 0.2) is 11.9 Å². The maximum absolute atomic E-state index is 12.8. The van der Waals surface area contributed by atoms with Gasteiger partial charge in [-0.1, -0.05) is 17.3 Å². The largest absolute Gasteiger partial charge is 0.480 e. The van der Waals surface area contributed by atoms with Crippen molar-refractivity contribution in [2.75, 3.05) is 6.54 Å². The molecule has 2 atom stereocenters. The first-order chi connectivity index (χ1) is 11.6. The molecule has 1 amide bonds. The quantitative estimate of drug-likeness (QED) is 0.863. The Morgan fingerprint density at radius 3 is 3.00 bits per heavy atom. The summed E-state index contributed by atoms with van der Waals surface area (Å²) >= 11 is 0. The van der Waals surface area contributed by atoms with Gasteiger partial charge in [0, 0.05) is 12.6 Å². The van der Waals surface area contributed by atoms with Gasteiger partial charge in [-0.15, -0.1) is 0 Å². The first kappa shape index (κ1) is 16.1. The summed E-state index contributed by atoms with van der Waals surface area (Å²) in [5.41, 5.74) is 1.22. The van der Waals surface area contributed by atoms with Crippen LogP contribution >= 0.6 is 0 Å². The van der Waals surface area contributed by atoms with Crippen molar-refractivity contribution in [3.63, 3.8) is 0 Å². The van der Waals surface area contributed by atoms with Crippen molar-refractivity contribution in [2.24, 2.45) is 0 Å². The predicted octanol–water partition coefficient (Wildman–Crippen LogP) is 2.99. The Morgan fingerprint density at radius 1 is 1.50 bits per heavy atom. The summed E-state index contributed by atoms with van der Waals surface area (Å²) in [4.78, 5) is 14.6. The zero-order chi connectivity index (χ0) is 17.1. The minimum atomic E-state index is -0.677. The topological polar surface area (TPSA) is 79.4 Å². The van der Waals surface area contributed by atoms with Crippen molar-refractivity contribution in [1.82, 2.24) is 10.1 Å². The van der Waals surface area contributed by atoms with E-state index in [1.54, 1.807) is 36.1 Å². The molecule has 0 radical (unpaired) electrons. The van der Waals surface area contributed by atoms with E-state index in [1.807, 2.05) is 13.0 Å². The van der Waals surface area contributed by atoms with Gasteiger partial charge in [0.25, 0.3) is 5.91 Å². The third-order valence-electron chi connectivity index (χ3n) is 4.17. The summed E-state index contributed by atoms with van der Waals surface area (Å²) in [6.45, 7) is 4.23. The van der Waals surface area contributed by atoms with Crippen molar-refractivity contribution in [1.29, 1.82) is 5.26 Å². The van der Waals surface area contributed by atoms with Crippen LogP contribution in [0.3, 0.4) is 0 Å². The molecule has 1 fully saturated rings. The van der Waals surface area contributed by atoms with E-state index in [9.17, 15) is 4.79 Å². The van der Waals surface area contributed by atoms with Crippen molar-refractivity contribution >= 4 is 5.91 Å². The van der Waals surface area contributed by atoms with Gasteiger partial charge >= 0.3 is 0 Å². The van der Waals surface area contributed by atoms with Gasteiger partial charge in [0.05, 0.1) is 17.3 Å². The van der Waals surface area contributed by atoms with E-state index in [4.69, 9.17) is 14.5 Å². The summed E-state index contributed by atoms with van der Waals surface area (Å²) in [5.74, 6) is 1.02. The summed E-state index contributed by atoms with van der Waals surface area (Å²) in [6.07, 6.45) is 1.09. The van der Waals surface area contributed by atoms with Gasteiger partial charge in [-0.05, 0) is 38.8 Å². The summed E-state index contributed by atoms with van der Waals surface area (Å²) in [7, 11) is 0. The summed E-state index contributed by atoms with van der Waals surface area (Å²) in [6, 6.07) is 10.8. The SMILES string of the molecule is Cc1cc([C@@H]2CCCN2C(=O)[C@H](C)Oc2ccccc2C#N)on1. The number of benzene rings is 1. The molecule has 6 nitrogen and oxygen atoms in total. The highest BCUT2D eigenvalue weighted by molar-refractivity contribution is 5.81. The number of likely N-dealkylation sites (tertiary alicyclic amines) is 1. The first-order valence-electron chi connectivity index (χ1n) is 7.99. The molecule has 1 aliphatic rings. The fraction of sp³-hybridized carbons (Fsp3) is 0.389. The molecule has 3 rings (SSSR count). The number of ether oxygens (including phenoxy) is 1. The number of para-hydroxylation sites is 1. The van der Waals surface area contributed by atoms with E-state index in [0.29, 0.717) is 23.6 Å². The number of aromatic nitrogens is 1. The van der Waals surface area contributed by atoms with Crippen molar-refractivity contribution in [3.05, 3.63) is 47.3 Å². The lowest BCUT2D eigenvalue weighted by molar-refractivity contribution is -0.139. The second kappa shape index (κ2) is 6.75. The van der Waals surface area contributed by atoms with E-state index in [1.165, 1.54) is 0 Å². The average Bonchev–Trinajstić information content (AvgIpc) is 3.23. The number of carbonyl (C=O) groups excluding carboxylic acids is 1. The van der Waals surface area contributed by atoms with Crippen LogP contribution in [0.5, 0.6) is 5.75 Å². The van der Waals surface area contributed by atoms with E-state index in [-0.39, 0.29) is 11.9 Å². The Morgan fingerprint density at radius 2 is 2.29 bits per heavy atom. The highest BCUT2D eigenvalue weighted by Crippen LogP contribution is 2.33. The molecular weight excluding hydrogens is 306 g/mol. The van der Waals surface area contributed by atoms with Crippen LogP contribution in [0.25, 0.3) is 0 Å². The van der Waals surface area contributed by atoms with E-state index >= 15 is 0 Å². The number of nitrogens with zero attached hydrogens (tertiary/aromatic N) is 3. The molecule has 0 unspecified atom stereocenters. The van der Waals surface area contributed by atoms with E-state index < -0.39 is 6.10 Å². The van der Waals surface area contributed by atoms with E-state index in [0.717, 1.165) is 18.5 Å². The van der Waals surface area contributed by atoms with Crippen LogP contribution in [-0.2, 0) is 4.79 Å². The van der Waals surface area contributed by atoms with Crippen LogP contribution in [-0.4, -0.2) is 28.6 Å². The van der Waals surface area contributed by atoms with Gasteiger partial charge in [0.1, 0.15) is 11.8 Å². The van der Waals surface area contributed by atoms with Gasteiger partial charge in [-0.3, -0.25) is 4.79 Å². The maximum atomic E-state index is 12.8. The molecule has 0 N–H and O–H groups in total. The number of carbonyl (C=O) groups is 1. The molecule has 0 aliphatic carbocycles. The third kappa shape index (κ3) is 3.11. The molecule has 1 aromatic carbocycles.